The fraction of sp³-hybridized carbons (Fsp3) is 0.357. The first-order valence-corrected chi connectivity index (χ1v) is 6.61. The zero-order chi connectivity index (χ0) is 13.3. The molecule has 18 heavy (non-hydrogen) atoms. The minimum absolute atomic E-state index is 0.222. The molecular weight excluding hydrogens is 294 g/mol. The lowest BCUT2D eigenvalue weighted by Gasteiger charge is -2.19. The molecule has 2 aromatic rings. The Balaban J connectivity index is 2.23. The molecule has 0 fully saturated rings. The topological polar surface area (TPSA) is 31.2 Å². The van der Waals surface area contributed by atoms with Crippen LogP contribution in [-0.2, 0) is 16.1 Å². The van der Waals surface area contributed by atoms with E-state index in [2.05, 4.69) is 15.9 Å². The number of hydrogen-bond donors (Lipinski definition) is 0. The highest BCUT2D eigenvalue weighted by atomic mass is 79.9. The number of esters is 1. The lowest BCUT2D eigenvalue weighted by atomic mass is 10.2. The molecule has 0 saturated heterocycles. The Morgan fingerprint density at radius 3 is 2.72 bits per heavy atom. The zero-order valence-electron chi connectivity index (χ0n) is 10.7. The molecule has 0 aliphatic heterocycles. The number of carbonyl (C=O) groups excluding carboxylic acids is 1. The molecule has 0 spiro atoms. The zero-order valence-corrected chi connectivity index (χ0v) is 12.3. The van der Waals surface area contributed by atoms with Crippen LogP contribution in [0.25, 0.3) is 10.9 Å². The average Bonchev–Trinajstić information content (AvgIpc) is 2.60. The number of benzene rings is 1. The largest absolute Gasteiger partial charge is 0.459 e. The quantitative estimate of drug-likeness (QED) is 0.791. The Hall–Kier alpha value is -1.29. The summed E-state index contributed by atoms with van der Waals surface area (Å²) in [5, 5.41) is 1.10. The second-order valence-corrected chi connectivity index (χ2v) is 6.06. The summed E-state index contributed by atoms with van der Waals surface area (Å²) in [6.45, 7) is 5.84. The van der Waals surface area contributed by atoms with Gasteiger partial charge in [0.2, 0.25) is 0 Å². The molecule has 3 nitrogen and oxygen atoms in total. The molecular formula is C14H16BrNO2. The molecule has 1 heterocycles. The summed E-state index contributed by atoms with van der Waals surface area (Å²) >= 11 is 3.50. The first-order chi connectivity index (χ1) is 8.37. The van der Waals surface area contributed by atoms with Crippen LogP contribution in [0.1, 0.15) is 20.8 Å². The monoisotopic (exact) mass is 309 g/mol. The maximum absolute atomic E-state index is 11.8. The van der Waals surface area contributed by atoms with Crippen molar-refractivity contribution in [3.63, 3.8) is 0 Å². The minimum atomic E-state index is -0.444. The van der Waals surface area contributed by atoms with Crippen molar-refractivity contribution < 1.29 is 9.53 Å². The van der Waals surface area contributed by atoms with Gasteiger partial charge in [-0.3, -0.25) is 4.79 Å². The lowest BCUT2D eigenvalue weighted by Crippen LogP contribution is -2.26. The number of aromatic nitrogens is 1. The molecule has 0 radical (unpaired) electrons. The van der Waals surface area contributed by atoms with Crippen molar-refractivity contribution in [1.29, 1.82) is 0 Å². The minimum Gasteiger partial charge on any atom is -0.459 e. The molecule has 0 saturated carbocycles. The first kappa shape index (κ1) is 13.1. The van der Waals surface area contributed by atoms with Crippen LogP contribution in [0.5, 0.6) is 0 Å². The number of fused-ring (bicyclic) bond motifs is 1. The number of nitrogens with zero attached hydrogens (tertiary/aromatic N) is 1. The van der Waals surface area contributed by atoms with Crippen LogP contribution in [0.2, 0.25) is 0 Å². The van der Waals surface area contributed by atoms with E-state index in [9.17, 15) is 4.79 Å². The van der Waals surface area contributed by atoms with Crippen LogP contribution in [-0.4, -0.2) is 16.1 Å². The molecule has 1 aromatic carbocycles. The second-order valence-electron chi connectivity index (χ2n) is 5.20. The van der Waals surface area contributed by atoms with Gasteiger partial charge in [-0.1, -0.05) is 22.0 Å². The summed E-state index contributed by atoms with van der Waals surface area (Å²) in [6, 6.07) is 7.92. The van der Waals surface area contributed by atoms with Crippen molar-refractivity contribution in [2.45, 2.75) is 32.9 Å². The summed E-state index contributed by atoms with van der Waals surface area (Å²) < 4.78 is 8.25. The van der Waals surface area contributed by atoms with E-state index in [4.69, 9.17) is 4.74 Å². The fourth-order valence-corrected chi connectivity index (χ4v) is 2.32. The van der Waals surface area contributed by atoms with Gasteiger partial charge in [-0.05, 0) is 39.0 Å². The average molecular weight is 310 g/mol. The Bertz CT molecular complexity index is 581. The van der Waals surface area contributed by atoms with Crippen molar-refractivity contribution in [3.8, 4) is 0 Å². The standard InChI is InChI=1S/C14H16BrNO2/c1-14(2,3)18-13(17)9-16-8-7-10-11(15)5-4-6-12(10)16/h4-8H,9H2,1-3H3. The van der Waals surface area contributed by atoms with Gasteiger partial charge in [-0.2, -0.15) is 0 Å². The summed E-state index contributed by atoms with van der Waals surface area (Å²) in [7, 11) is 0. The van der Waals surface area contributed by atoms with Crippen molar-refractivity contribution in [2.24, 2.45) is 0 Å². The smallest absolute Gasteiger partial charge is 0.326 e. The molecule has 0 unspecified atom stereocenters. The maximum Gasteiger partial charge on any atom is 0.326 e. The molecule has 0 bridgehead atoms. The van der Waals surface area contributed by atoms with Gasteiger partial charge >= 0.3 is 5.97 Å². The summed E-state index contributed by atoms with van der Waals surface area (Å²) in [6.07, 6.45) is 1.90. The van der Waals surface area contributed by atoms with Gasteiger partial charge in [-0.15, -0.1) is 0 Å². The predicted octanol–water partition coefficient (Wildman–Crippen LogP) is 3.75. The highest BCUT2D eigenvalue weighted by Gasteiger charge is 2.17. The van der Waals surface area contributed by atoms with Crippen LogP contribution in [0.4, 0.5) is 0 Å². The summed E-state index contributed by atoms with van der Waals surface area (Å²) in [4.78, 5) is 11.8. The molecule has 96 valence electrons. The van der Waals surface area contributed by atoms with Gasteiger partial charge in [0, 0.05) is 21.6 Å². The third-order valence-corrected chi connectivity index (χ3v) is 3.17. The molecule has 0 aliphatic rings. The SMILES string of the molecule is CC(C)(C)OC(=O)Cn1ccc2c(Br)cccc21. The molecule has 4 heteroatoms. The van der Waals surface area contributed by atoms with Crippen LogP contribution in [0.3, 0.4) is 0 Å². The molecule has 0 atom stereocenters. The number of rotatable bonds is 2. The number of ether oxygens (including phenoxy) is 1. The summed E-state index contributed by atoms with van der Waals surface area (Å²) in [5.41, 5.74) is 0.580. The molecule has 1 aromatic heterocycles. The van der Waals surface area contributed by atoms with Crippen LogP contribution < -0.4 is 0 Å². The first-order valence-electron chi connectivity index (χ1n) is 5.82. The van der Waals surface area contributed by atoms with Gasteiger partial charge in [0.25, 0.3) is 0 Å². The van der Waals surface area contributed by atoms with Crippen molar-refractivity contribution >= 4 is 32.8 Å². The van der Waals surface area contributed by atoms with Gasteiger partial charge < -0.3 is 9.30 Å². The van der Waals surface area contributed by atoms with E-state index in [1.807, 2.05) is 55.8 Å². The predicted molar refractivity (Wildman–Crippen MR) is 75.5 cm³/mol. The van der Waals surface area contributed by atoms with E-state index in [0.29, 0.717) is 0 Å². The van der Waals surface area contributed by atoms with E-state index in [0.717, 1.165) is 15.4 Å². The van der Waals surface area contributed by atoms with Crippen molar-refractivity contribution in [1.82, 2.24) is 4.57 Å². The second kappa shape index (κ2) is 4.76. The summed E-state index contributed by atoms with van der Waals surface area (Å²) in [5.74, 6) is -0.222. The van der Waals surface area contributed by atoms with E-state index in [1.54, 1.807) is 0 Å². The molecule has 2 rings (SSSR count). The van der Waals surface area contributed by atoms with Gasteiger partial charge in [0.1, 0.15) is 12.1 Å². The number of hydrogen-bond acceptors (Lipinski definition) is 2. The molecule has 0 aliphatic carbocycles. The van der Waals surface area contributed by atoms with Gasteiger partial charge in [0.15, 0.2) is 0 Å². The fourth-order valence-electron chi connectivity index (χ4n) is 1.84. The van der Waals surface area contributed by atoms with E-state index >= 15 is 0 Å². The highest BCUT2D eigenvalue weighted by molar-refractivity contribution is 9.10. The normalized spacial score (nSPS) is 11.8. The maximum atomic E-state index is 11.8. The van der Waals surface area contributed by atoms with Crippen molar-refractivity contribution in [3.05, 3.63) is 34.9 Å². The highest BCUT2D eigenvalue weighted by Crippen LogP contribution is 2.24. The Morgan fingerprint density at radius 1 is 1.33 bits per heavy atom. The van der Waals surface area contributed by atoms with Gasteiger partial charge in [0.05, 0.1) is 0 Å². The van der Waals surface area contributed by atoms with Crippen LogP contribution >= 0.6 is 15.9 Å². The number of halogens is 1. The van der Waals surface area contributed by atoms with Crippen LogP contribution in [0, 0.1) is 0 Å². The van der Waals surface area contributed by atoms with Crippen molar-refractivity contribution in [2.75, 3.05) is 0 Å². The van der Waals surface area contributed by atoms with Gasteiger partial charge in [-0.25, -0.2) is 0 Å². The molecule has 0 N–H and O–H groups in total. The lowest BCUT2D eigenvalue weighted by molar-refractivity contribution is -0.155. The van der Waals surface area contributed by atoms with E-state index in [-0.39, 0.29) is 12.5 Å². The van der Waals surface area contributed by atoms with E-state index in [1.165, 1.54) is 0 Å². The van der Waals surface area contributed by atoms with Crippen LogP contribution in [0.15, 0.2) is 34.9 Å². The number of carbonyl (C=O) groups is 1. The third-order valence-electron chi connectivity index (χ3n) is 2.48. The Morgan fingerprint density at radius 2 is 2.06 bits per heavy atom. The Labute approximate surface area is 115 Å². The molecule has 0 amide bonds. The van der Waals surface area contributed by atoms with E-state index < -0.39 is 5.60 Å². The Kier molecular flexibility index (Phi) is 3.48. The third kappa shape index (κ3) is 2.93.